The highest BCUT2D eigenvalue weighted by molar-refractivity contribution is 5.94. The van der Waals surface area contributed by atoms with Crippen molar-refractivity contribution >= 4 is 12.0 Å². The topological polar surface area (TPSA) is 66.8 Å². The molecule has 1 heterocycles. The van der Waals surface area contributed by atoms with Gasteiger partial charge in [0.1, 0.15) is 6.61 Å². The number of nitrogens with zero attached hydrogens (tertiary/aromatic N) is 1. The van der Waals surface area contributed by atoms with Crippen molar-refractivity contribution in [3.63, 3.8) is 0 Å². The van der Waals surface area contributed by atoms with Crippen LogP contribution in [0, 0.1) is 5.92 Å². The molecule has 96 valence electrons. The fourth-order valence-corrected chi connectivity index (χ4v) is 1.91. The third-order valence-electron chi connectivity index (χ3n) is 3.03. The summed E-state index contributed by atoms with van der Waals surface area (Å²) in [5.41, 5.74) is 0.658. The lowest BCUT2D eigenvalue weighted by molar-refractivity contribution is -0.135. The predicted octanol–water partition coefficient (Wildman–Crippen LogP) is 1.33. The van der Waals surface area contributed by atoms with Crippen LogP contribution in [-0.2, 0) is 9.53 Å². The van der Waals surface area contributed by atoms with E-state index >= 15 is 0 Å². The second-order valence-electron chi connectivity index (χ2n) is 4.25. The van der Waals surface area contributed by atoms with Crippen molar-refractivity contribution < 1.29 is 19.4 Å². The Morgan fingerprint density at radius 3 is 2.61 bits per heavy atom. The first-order valence-corrected chi connectivity index (χ1v) is 5.82. The highest BCUT2D eigenvalue weighted by atomic mass is 16.6. The molecule has 0 spiro atoms. The van der Waals surface area contributed by atoms with E-state index in [-0.39, 0.29) is 13.2 Å². The van der Waals surface area contributed by atoms with Gasteiger partial charge in [-0.05, 0) is 5.56 Å². The van der Waals surface area contributed by atoms with E-state index < -0.39 is 24.0 Å². The van der Waals surface area contributed by atoms with Gasteiger partial charge in [0.25, 0.3) is 0 Å². The molecule has 18 heavy (non-hydrogen) atoms. The minimum absolute atomic E-state index is 0.221. The summed E-state index contributed by atoms with van der Waals surface area (Å²) in [7, 11) is 0. The molecule has 1 aliphatic rings. The van der Waals surface area contributed by atoms with Crippen LogP contribution in [0.3, 0.4) is 0 Å². The van der Waals surface area contributed by atoms with Crippen molar-refractivity contribution in [2.24, 2.45) is 5.92 Å². The number of carbonyl (C=O) groups excluding carboxylic acids is 2. The van der Waals surface area contributed by atoms with Gasteiger partial charge in [-0.15, -0.1) is 0 Å². The van der Waals surface area contributed by atoms with Crippen LogP contribution in [0.1, 0.15) is 18.6 Å². The van der Waals surface area contributed by atoms with Gasteiger partial charge in [0.05, 0.1) is 18.6 Å². The molecule has 0 aliphatic carbocycles. The molecule has 1 N–H and O–H groups in total. The minimum Gasteiger partial charge on any atom is -0.447 e. The second kappa shape index (κ2) is 5.18. The molecule has 0 unspecified atom stereocenters. The molecular formula is C13H15NO4. The van der Waals surface area contributed by atoms with Gasteiger partial charge in [-0.25, -0.2) is 9.69 Å². The fourth-order valence-electron chi connectivity index (χ4n) is 1.91. The van der Waals surface area contributed by atoms with Gasteiger partial charge in [0, 0.05) is 0 Å². The molecule has 2 atom stereocenters. The van der Waals surface area contributed by atoms with E-state index in [1.54, 1.807) is 31.2 Å². The number of amides is 2. The lowest BCUT2D eigenvalue weighted by atomic mass is 9.96. The third kappa shape index (κ3) is 2.36. The van der Waals surface area contributed by atoms with E-state index in [1.807, 2.05) is 6.07 Å². The average molecular weight is 249 g/mol. The second-order valence-corrected chi connectivity index (χ2v) is 4.25. The molecular weight excluding hydrogens is 234 g/mol. The normalized spacial score (nSPS) is 18.3. The average Bonchev–Trinajstić information content (AvgIpc) is 2.83. The number of imide groups is 1. The molecule has 0 radical (unpaired) electrons. The number of carbonyl (C=O) groups is 2. The highest BCUT2D eigenvalue weighted by Gasteiger charge is 2.34. The van der Waals surface area contributed by atoms with Gasteiger partial charge in [-0.3, -0.25) is 4.79 Å². The summed E-state index contributed by atoms with van der Waals surface area (Å²) < 4.78 is 4.71. The van der Waals surface area contributed by atoms with Crippen LogP contribution in [0.5, 0.6) is 0 Å². The molecule has 1 aliphatic heterocycles. The first-order valence-electron chi connectivity index (χ1n) is 5.82. The van der Waals surface area contributed by atoms with E-state index in [0.29, 0.717) is 5.56 Å². The van der Waals surface area contributed by atoms with Gasteiger partial charge in [0.2, 0.25) is 5.91 Å². The number of benzene rings is 1. The maximum atomic E-state index is 12.0. The first-order chi connectivity index (χ1) is 8.61. The molecule has 0 aromatic heterocycles. The number of cyclic esters (lactones) is 1. The van der Waals surface area contributed by atoms with Crippen molar-refractivity contribution in [2.45, 2.75) is 13.0 Å². The number of hydrogen-bond acceptors (Lipinski definition) is 4. The van der Waals surface area contributed by atoms with Crippen molar-refractivity contribution in [2.75, 3.05) is 13.2 Å². The Labute approximate surface area is 105 Å². The molecule has 1 aromatic carbocycles. The van der Waals surface area contributed by atoms with E-state index in [1.165, 1.54) is 0 Å². The summed E-state index contributed by atoms with van der Waals surface area (Å²) in [4.78, 5) is 24.4. The Hall–Kier alpha value is -1.88. The first kappa shape index (κ1) is 12.6. The smallest absolute Gasteiger partial charge is 0.416 e. The van der Waals surface area contributed by atoms with Crippen LogP contribution in [0.25, 0.3) is 0 Å². The van der Waals surface area contributed by atoms with Crippen LogP contribution in [0.15, 0.2) is 30.3 Å². The van der Waals surface area contributed by atoms with Crippen molar-refractivity contribution in [1.82, 2.24) is 4.90 Å². The zero-order valence-corrected chi connectivity index (χ0v) is 10.1. The van der Waals surface area contributed by atoms with Crippen LogP contribution in [-0.4, -0.2) is 35.2 Å². The largest absolute Gasteiger partial charge is 0.447 e. The summed E-state index contributed by atoms with van der Waals surface area (Å²) in [5, 5.41) is 10.1. The maximum absolute atomic E-state index is 12.0. The Morgan fingerprint density at radius 2 is 2.06 bits per heavy atom. The maximum Gasteiger partial charge on any atom is 0.416 e. The molecule has 1 fully saturated rings. The molecule has 5 heteroatoms. The summed E-state index contributed by atoms with van der Waals surface area (Å²) in [6.07, 6.45) is -1.56. The Kier molecular flexibility index (Phi) is 3.62. The van der Waals surface area contributed by atoms with Gasteiger partial charge in [-0.1, -0.05) is 37.3 Å². The Balaban J connectivity index is 2.09. The predicted molar refractivity (Wildman–Crippen MR) is 63.6 cm³/mol. The summed E-state index contributed by atoms with van der Waals surface area (Å²) in [6, 6.07) is 8.91. The van der Waals surface area contributed by atoms with Crippen LogP contribution >= 0.6 is 0 Å². The van der Waals surface area contributed by atoms with Crippen LogP contribution < -0.4 is 0 Å². The molecule has 0 bridgehead atoms. The molecule has 2 rings (SSSR count). The quantitative estimate of drug-likeness (QED) is 0.877. The van der Waals surface area contributed by atoms with E-state index in [9.17, 15) is 14.7 Å². The van der Waals surface area contributed by atoms with E-state index in [4.69, 9.17) is 4.74 Å². The summed E-state index contributed by atoms with van der Waals surface area (Å²) in [6.45, 7) is 2.08. The lowest BCUT2D eigenvalue weighted by Crippen LogP contribution is -2.38. The van der Waals surface area contributed by atoms with Gasteiger partial charge in [-0.2, -0.15) is 0 Å². The molecule has 1 saturated heterocycles. The zero-order valence-electron chi connectivity index (χ0n) is 10.1. The van der Waals surface area contributed by atoms with Gasteiger partial charge in [0.15, 0.2) is 0 Å². The molecule has 0 saturated carbocycles. The SMILES string of the molecule is C[C@H](C(=O)N1CCOC1=O)[C@@H](O)c1ccccc1. The minimum atomic E-state index is -0.924. The zero-order chi connectivity index (χ0) is 13.1. The van der Waals surface area contributed by atoms with Crippen LogP contribution in [0.2, 0.25) is 0 Å². The number of hydrogen-bond donors (Lipinski definition) is 1. The highest BCUT2D eigenvalue weighted by Crippen LogP contribution is 2.24. The Bertz CT molecular complexity index is 446. The van der Waals surface area contributed by atoms with Crippen LogP contribution in [0.4, 0.5) is 4.79 Å². The van der Waals surface area contributed by atoms with Crippen molar-refractivity contribution in [1.29, 1.82) is 0 Å². The van der Waals surface area contributed by atoms with Crippen molar-refractivity contribution in [3.8, 4) is 0 Å². The monoisotopic (exact) mass is 249 g/mol. The number of rotatable bonds is 3. The van der Waals surface area contributed by atoms with Gasteiger partial charge >= 0.3 is 6.09 Å². The molecule has 2 amide bonds. The standard InChI is InChI=1S/C13H15NO4/c1-9(11(15)10-5-3-2-4-6-10)12(16)14-7-8-18-13(14)17/h2-6,9,11,15H,7-8H2,1H3/t9-,11+/m0/s1. The molecule has 5 nitrogen and oxygen atoms in total. The van der Waals surface area contributed by atoms with Crippen molar-refractivity contribution in [3.05, 3.63) is 35.9 Å². The van der Waals surface area contributed by atoms with E-state index in [2.05, 4.69) is 0 Å². The number of aliphatic hydroxyl groups is 1. The van der Waals surface area contributed by atoms with Gasteiger partial charge < -0.3 is 9.84 Å². The number of ether oxygens (including phenoxy) is 1. The number of aliphatic hydroxyl groups excluding tert-OH is 1. The fraction of sp³-hybridized carbons (Fsp3) is 0.385. The summed E-state index contributed by atoms with van der Waals surface area (Å²) in [5.74, 6) is -1.09. The molecule has 1 aromatic rings. The lowest BCUT2D eigenvalue weighted by Gasteiger charge is -2.21. The Morgan fingerprint density at radius 1 is 1.39 bits per heavy atom. The third-order valence-corrected chi connectivity index (χ3v) is 3.03. The summed E-state index contributed by atoms with van der Waals surface area (Å²) >= 11 is 0. The van der Waals surface area contributed by atoms with E-state index in [0.717, 1.165) is 4.90 Å².